The van der Waals surface area contributed by atoms with E-state index in [9.17, 15) is 4.79 Å². The van der Waals surface area contributed by atoms with Crippen molar-refractivity contribution in [2.75, 3.05) is 6.54 Å². The Bertz CT molecular complexity index is 990. The number of nitrogens with one attached hydrogen (secondary N) is 1. The Morgan fingerprint density at radius 2 is 1.85 bits per heavy atom. The molecule has 1 N–H and O–H groups in total. The molecule has 0 saturated carbocycles. The summed E-state index contributed by atoms with van der Waals surface area (Å²) >= 11 is 13.5. The van der Waals surface area contributed by atoms with Crippen molar-refractivity contribution in [3.05, 3.63) is 91.1 Å². The molecule has 0 unspecified atom stereocenters. The lowest BCUT2D eigenvalue weighted by molar-refractivity contribution is 0.0957. The van der Waals surface area contributed by atoms with Gasteiger partial charge < -0.3 is 5.32 Å². The summed E-state index contributed by atoms with van der Waals surface area (Å²) in [6.07, 6.45) is 1.29. The fourth-order valence-corrected chi connectivity index (χ4v) is 4.13. The standard InChI is InChI=1S/C21H16Cl2N2OS/c22-18-3-1-2-16(11-18)10-17-12-19(23)27-20(17)21(26)25-9-8-14-4-6-15(13-24)7-5-14/h1-7,11-12H,8-10H2,(H,25,26). The Morgan fingerprint density at radius 1 is 1.07 bits per heavy atom. The van der Waals surface area contributed by atoms with E-state index in [-0.39, 0.29) is 5.91 Å². The number of hydrogen-bond acceptors (Lipinski definition) is 3. The van der Waals surface area contributed by atoms with Crippen molar-refractivity contribution in [2.45, 2.75) is 12.8 Å². The van der Waals surface area contributed by atoms with Crippen molar-refractivity contribution in [3.8, 4) is 6.07 Å². The zero-order chi connectivity index (χ0) is 19.2. The number of thiophene rings is 1. The topological polar surface area (TPSA) is 52.9 Å². The molecule has 0 aliphatic heterocycles. The fraction of sp³-hybridized carbons (Fsp3) is 0.143. The highest BCUT2D eigenvalue weighted by atomic mass is 35.5. The summed E-state index contributed by atoms with van der Waals surface area (Å²) in [4.78, 5) is 13.2. The number of benzene rings is 2. The lowest BCUT2D eigenvalue weighted by atomic mass is 10.1. The first-order valence-corrected chi connectivity index (χ1v) is 9.92. The van der Waals surface area contributed by atoms with Crippen molar-refractivity contribution >= 4 is 40.4 Å². The minimum atomic E-state index is -0.127. The first-order chi connectivity index (χ1) is 13.0. The van der Waals surface area contributed by atoms with E-state index in [4.69, 9.17) is 28.5 Å². The van der Waals surface area contributed by atoms with Gasteiger partial charge in [-0.1, -0.05) is 47.5 Å². The molecule has 3 aromatic rings. The van der Waals surface area contributed by atoms with Crippen LogP contribution >= 0.6 is 34.5 Å². The summed E-state index contributed by atoms with van der Waals surface area (Å²) in [5.74, 6) is -0.127. The van der Waals surface area contributed by atoms with Crippen LogP contribution in [0.15, 0.2) is 54.6 Å². The quantitative estimate of drug-likeness (QED) is 0.579. The zero-order valence-corrected chi connectivity index (χ0v) is 16.7. The lowest BCUT2D eigenvalue weighted by Gasteiger charge is -2.07. The second kappa shape index (κ2) is 9.05. The number of carbonyl (C=O) groups excluding carboxylic acids is 1. The van der Waals surface area contributed by atoms with Gasteiger partial charge in [0.25, 0.3) is 5.91 Å². The molecule has 136 valence electrons. The van der Waals surface area contributed by atoms with Crippen molar-refractivity contribution in [3.63, 3.8) is 0 Å². The molecule has 0 radical (unpaired) electrons. The van der Waals surface area contributed by atoms with Crippen LogP contribution < -0.4 is 5.32 Å². The van der Waals surface area contributed by atoms with E-state index in [0.29, 0.717) is 39.2 Å². The SMILES string of the molecule is N#Cc1ccc(CCNC(=O)c2sc(Cl)cc2Cc2cccc(Cl)c2)cc1. The average molecular weight is 415 g/mol. The van der Waals surface area contributed by atoms with Crippen LogP contribution in [0.3, 0.4) is 0 Å². The van der Waals surface area contributed by atoms with Crippen molar-refractivity contribution < 1.29 is 4.79 Å². The Kier molecular flexibility index (Phi) is 6.52. The molecular formula is C21H16Cl2N2OS. The summed E-state index contributed by atoms with van der Waals surface area (Å²) in [6.45, 7) is 0.511. The lowest BCUT2D eigenvalue weighted by Crippen LogP contribution is -2.25. The van der Waals surface area contributed by atoms with Crippen LogP contribution in [0.1, 0.15) is 31.9 Å². The van der Waals surface area contributed by atoms with Crippen LogP contribution in [-0.4, -0.2) is 12.5 Å². The van der Waals surface area contributed by atoms with E-state index in [2.05, 4.69) is 11.4 Å². The Hall–Kier alpha value is -2.32. The second-order valence-electron chi connectivity index (χ2n) is 6.03. The number of rotatable bonds is 6. The number of halogens is 2. The van der Waals surface area contributed by atoms with Gasteiger partial charge in [-0.05, 0) is 59.9 Å². The van der Waals surface area contributed by atoms with Gasteiger partial charge in [0.1, 0.15) is 0 Å². The predicted molar refractivity (Wildman–Crippen MR) is 111 cm³/mol. The molecule has 0 aliphatic carbocycles. The molecular weight excluding hydrogens is 399 g/mol. The minimum Gasteiger partial charge on any atom is -0.351 e. The van der Waals surface area contributed by atoms with E-state index in [1.165, 1.54) is 11.3 Å². The highest BCUT2D eigenvalue weighted by Crippen LogP contribution is 2.29. The summed E-state index contributed by atoms with van der Waals surface area (Å²) in [6, 6.07) is 18.9. The van der Waals surface area contributed by atoms with Gasteiger partial charge in [0.05, 0.1) is 20.8 Å². The van der Waals surface area contributed by atoms with Crippen LogP contribution in [0, 0.1) is 11.3 Å². The molecule has 0 fully saturated rings. The Balaban J connectivity index is 1.63. The maximum absolute atomic E-state index is 12.6. The van der Waals surface area contributed by atoms with Crippen molar-refractivity contribution in [2.24, 2.45) is 0 Å². The van der Waals surface area contributed by atoms with Gasteiger partial charge in [-0.2, -0.15) is 5.26 Å². The number of nitriles is 1. The molecule has 0 atom stereocenters. The molecule has 27 heavy (non-hydrogen) atoms. The molecule has 0 saturated heterocycles. The molecule has 1 aromatic heterocycles. The van der Waals surface area contributed by atoms with Gasteiger partial charge in [0, 0.05) is 11.6 Å². The number of nitrogens with zero attached hydrogens (tertiary/aromatic N) is 1. The molecule has 0 aliphatic rings. The average Bonchev–Trinajstić information content (AvgIpc) is 3.02. The van der Waals surface area contributed by atoms with Gasteiger partial charge in [-0.15, -0.1) is 11.3 Å². The molecule has 0 bridgehead atoms. The molecule has 1 heterocycles. The third kappa shape index (κ3) is 5.33. The van der Waals surface area contributed by atoms with Crippen molar-refractivity contribution in [1.82, 2.24) is 5.32 Å². The van der Waals surface area contributed by atoms with Gasteiger partial charge >= 0.3 is 0 Å². The second-order valence-corrected chi connectivity index (χ2v) is 8.15. The molecule has 0 spiro atoms. The van der Waals surface area contributed by atoms with E-state index < -0.39 is 0 Å². The Morgan fingerprint density at radius 3 is 2.56 bits per heavy atom. The van der Waals surface area contributed by atoms with E-state index in [1.807, 2.05) is 42.5 Å². The monoisotopic (exact) mass is 414 g/mol. The highest BCUT2D eigenvalue weighted by Gasteiger charge is 2.16. The first kappa shape index (κ1) is 19.4. The molecule has 1 amide bonds. The van der Waals surface area contributed by atoms with Crippen molar-refractivity contribution in [1.29, 1.82) is 5.26 Å². The largest absolute Gasteiger partial charge is 0.351 e. The van der Waals surface area contributed by atoms with Crippen LogP contribution in [0.2, 0.25) is 9.36 Å². The summed E-state index contributed by atoms with van der Waals surface area (Å²) < 4.78 is 0.587. The molecule has 3 rings (SSSR count). The third-order valence-electron chi connectivity index (χ3n) is 4.05. The van der Waals surface area contributed by atoms with E-state index in [1.54, 1.807) is 12.1 Å². The van der Waals surface area contributed by atoms with Crippen LogP contribution in [0.25, 0.3) is 0 Å². The molecule has 6 heteroatoms. The zero-order valence-electron chi connectivity index (χ0n) is 14.3. The van der Waals surface area contributed by atoms with Gasteiger partial charge in [0.2, 0.25) is 0 Å². The smallest absolute Gasteiger partial charge is 0.261 e. The van der Waals surface area contributed by atoms with E-state index >= 15 is 0 Å². The number of hydrogen-bond donors (Lipinski definition) is 1. The summed E-state index contributed by atoms with van der Waals surface area (Å²) in [7, 11) is 0. The van der Waals surface area contributed by atoms with Gasteiger partial charge in [-0.3, -0.25) is 4.79 Å². The van der Waals surface area contributed by atoms with Gasteiger partial charge in [0.15, 0.2) is 0 Å². The minimum absolute atomic E-state index is 0.127. The maximum Gasteiger partial charge on any atom is 0.261 e. The number of amides is 1. The van der Waals surface area contributed by atoms with Crippen LogP contribution in [-0.2, 0) is 12.8 Å². The summed E-state index contributed by atoms with van der Waals surface area (Å²) in [5.41, 5.74) is 3.62. The van der Waals surface area contributed by atoms with E-state index in [0.717, 1.165) is 16.7 Å². The fourth-order valence-electron chi connectivity index (χ4n) is 2.73. The third-order valence-corrected chi connectivity index (χ3v) is 5.59. The van der Waals surface area contributed by atoms with Crippen LogP contribution in [0.5, 0.6) is 0 Å². The van der Waals surface area contributed by atoms with Gasteiger partial charge in [-0.25, -0.2) is 0 Å². The highest BCUT2D eigenvalue weighted by molar-refractivity contribution is 7.18. The summed E-state index contributed by atoms with van der Waals surface area (Å²) in [5, 5.41) is 12.4. The normalized spacial score (nSPS) is 10.4. The molecule has 2 aromatic carbocycles. The first-order valence-electron chi connectivity index (χ1n) is 8.35. The number of carbonyl (C=O) groups is 1. The Labute approximate surface area is 172 Å². The predicted octanol–water partition coefficient (Wildman–Crippen LogP) is 5.49. The maximum atomic E-state index is 12.6. The van der Waals surface area contributed by atoms with Crippen LogP contribution in [0.4, 0.5) is 0 Å². The molecule has 3 nitrogen and oxygen atoms in total.